The fraction of sp³-hybridized carbons (Fsp3) is 0.250. The van der Waals surface area contributed by atoms with E-state index in [4.69, 9.17) is 0 Å². The molecule has 0 saturated carbocycles. The SMILES string of the molecule is C=COC(=O)CSS(=O)(=O)[O-].[Na+]. The zero-order chi connectivity index (χ0) is 8.91. The molecule has 0 aliphatic heterocycles. The summed E-state index contributed by atoms with van der Waals surface area (Å²) in [5.41, 5.74) is 0. The molecule has 0 fully saturated rings. The van der Waals surface area contributed by atoms with Gasteiger partial charge in [0, 0.05) is 0 Å². The van der Waals surface area contributed by atoms with Crippen LogP contribution in [-0.4, -0.2) is 24.7 Å². The maximum absolute atomic E-state index is 10.4. The molecule has 12 heavy (non-hydrogen) atoms. The van der Waals surface area contributed by atoms with Crippen molar-refractivity contribution in [3.63, 3.8) is 0 Å². The molecule has 0 spiro atoms. The molecule has 0 rings (SSSR count). The molecule has 0 aromatic rings. The van der Waals surface area contributed by atoms with Crippen molar-refractivity contribution in [2.75, 3.05) is 5.75 Å². The fourth-order valence-electron chi connectivity index (χ4n) is 0.247. The van der Waals surface area contributed by atoms with Crippen molar-refractivity contribution in [3.8, 4) is 0 Å². The second kappa shape index (κ2) is 6.93. The molecule has 0 saturated heterocycles. The van der Waals surface area contributed by atoms with Crippen LogP contribution in [0.3, 0.4) is 0 Å². The zero-order valence-corrected chi connectivity index (χ0v) is 9.98. The molecule has 5 nitrogen and oxygen atoms in total. The smallest absolute Gasteiger partial charge is 0.739 e. The maximum Gasteiger partial charge on any atom is 1.00 e. The van der Waals surface area contributed by atoms with E-state index in [-0.39, 0.29) is 40.4 Å². The number of carbonyl (C=O) groups excluding carboxylic acids is 1. The van der Waals surface area contributed by atoms with Gasteiger partial charge in [0.05, 0.1) is 6.26 Å². The Labute approximate surface area is 96.0 Å². The Hall–Kier alpha value is 0.470. The molecule has 0 amide bonds. The quantitative estimate of drug-likeness (QED) is 0.164. The van der Waals surface area contributed by atoms with E-state index in [1.54, 1.807) is 0 Å². The first-order valence-electron chi connectivity index (χ1n) is 2.36. The summed E-state index contributed by atoms with van der Waals surface area (Å²) in [6.45, 7) is 3.07. The van der Waals surface area contributed by atoms with Gasteiger partial charge in [0.15, 0.2) is 0 Å². The monoisotopic (exact) mass is 220 g/mol. The van der Waals surface area contributed by atoms with E-state index in [1.807, 2.05) is 0 Å². The third-order valence-corrected chi connectivity index (χ3v) is 2.40. The third kappa shape index (κ3) is 10.5. The summed E-state index contributed by atoms with van der Waals surface area (Å²) < 4.78 is 33.9. The normalized spacial score (nSPS) is 9.75. The number of ether oxygens (including phenoxy) is 1. The summed E-state index contributed by atoms with van der Waals surface area (Å²) in [5.74, 6) is -1.33. The van der Waals surface area contributed by atoms with Crippen LogP contribution in [0.25, 0.3) is 0 Å². The van der Waals surface area contributed by atoms with E-state index in [1.165, 1.54) is 0 Å². The second-order valence-corrected chi connectivity index (χ2v) is 4.60. The number of carbonyl (C=O) groups is 1. The molecule has 8 heteroatoms. The Kier molecular flexibility index (Phi) is 8.64. The first-order valence-corrected chi connectivity index (χ1v) is 5.27. The van der Waals surface area contributed by atoms with Gasteiger partial charge < -0.3 is 9.29 Å². The van der Waals surface area contributed by atoms with Gasteiger partial charge in [0.2, 0.25) is 0 Å². The van der Waals surface area contributed by atoms with Crippen LogP contribution in [0.5, 0.6) is 0 Å². The van der Waals surface area contributed by atoms with Crippen LogP contribution in [0.15, 0.2) is 12.8 Å². The minimum absolute atomic E-state index is 0. The molecular weight excluding hydrogens is 215 g/mol. The number of hydrogen-bond donors (Lipinski definition) is 0. The summed E-state index contributed by atoms with van der Waals surface area (Å²) in [4.78, 5) is 10.4. The molecule has 0 unspecified atom stereocenters. The van der Waals surface area contributed by atoms with Crippen molar-refractivity contribution in [1.29, 1.82) is 0 Å². The Morgan fingerprint density at radius 2 is 2.17 bits per heavy atom. The van der Waals surface area contributed by atoms with Crippen LogP contribution in [0.2, 0.25) is 0 Å². The predicted octanol–water partition coefficient (Wildman–Crippen LogP) is -3.13. The summed E-state index contributed by atoms with van der Waals surface area (Å²) in [7, 11) is -4.43. The first kappa shape index (κ1) is 15.0. The minimum atomic E-state index is -4.41. The number of esters is 1. The van der Waals surface area contributed by atoms with Gasteiger partial charge in [-0.25, -0.2) is 8.42 Å². The largest absolute Gasteiger partial charge is 1.00 e. The topological polar surface area (TPSA) is 83.5 Å². The third-order valence-electron chi connectivity index (χ3n) is 0.536. The van der Waals surface area contributed by atoms with Gasteiger partial charge in [-0.15, -0.1) is 0 Å². The summed E-state index contributed by atoms with van der Waals surface area (Å²) in [5, 5.41) is 0. The van der Waals surface area contributed by atoms with Crippen LogP contribution in [0.1, 0.15) is 0 Å². The first-order chi connectivity index (χ1) is 4.95. The molecule has 0 atom stereocenters. The molecule has 0 heterocycles. The van der Waals surface area contributed by atoms with Gasteiger partial charge in [-0.1, -0.05) is 6.58 Å². The zero-order valence-electron chi connectivity index (χ0n) is 6.35. The summed E-state index contributed by atoms with van der Waals surface area (Å²) >= 11 is 0. The molecular formula is C4H5NaO5S2. The Morgan fingerprint density at radius 3 is 2.50 bits per heavy atom. The van der Waals surface area contributed by atoms with Gasteiger partial charge in [-0.05, 0) is 10.8 Å². The number of rotatable bonds is 4. The average molecular weight is 220 g/mol. The summed E-state index contributed by atoms with van der Waals surface area (Å²) in [6, 6.07) is 0. The predicted molar refractivity (Wildman–Crippen MR) is 38.4 cm³/mol. The molecule has 0 aromatic carbocycles. The van der Waals surface area contributed by atoms with E-state index >= 15 is 0 Å². The fourth-order valence-corrected chi connectivity index (χ4v) is 1.28. The van der Waals surface area contributed by atoms with Crippen molar-refractivity contribution < 1.29 is 52.1 Å². The van der Waals surface area contributed by atoms with E-state index in [0.717, 1.165) is 6.26 Å². The van der Waals surface area contributed by atoms with E-state index in [0.29, 0.717) is 0 Å². The van der Waals surface area contributed by atoms with Crippen LogP contribution >= 0.6 is 10.8 Å². The van der Waals surface area contributed by atoms with Crippen LogP contribution < -0.4 is 29.6 Å². The van der Waals surface area contributed by atoms with Gasteiger partial charge >= 0.3 is 35.5 Å². The van der Waals surface area contributed by atoms with Crippen molar-refractivity contribution in [2.24, 2.45) is 0 Å². The van der Waals surface area contributed by atoms with Gasteiger partial charge in [-0.3, -0.25) is 4.79 Å². The maximum atomic E-state index is 10.4. The molecule has 64 valence electrons. The molecule has 0 N–H and O–H groups in total. The Balaban J connectivity index is 0. The number of hydrogen-bond acceptors (Lipinski definition) is 6. The van der Waals surface area contributed by atoms with Gasteiger partial charge in [0.1, 0.15) is 14.9 Å². The molecule has 0 aliphatic rings. The molecule has 0 aromatic heterocycles. The van der Waals surface area contributed by atoms with Crippen molar-refractivity contribution >= 4 is 25.9 Å². The Morgan fingerprint density at radius 1 is 1.67 bits per heavy atom. The van der Waals surface area contributed by atoms with E-state index in [9.17, 15) is 17.8 Å². The standard InChI is InChI=1S/C4H6O5S2.Na/c1-2-9-4(5)3-10-11(6,7)8;/h2H,1,3H2,(H,6,7,8);/q;+1/p-1. The average Bonchev–Trinajstić information content (AvgIpc) is 1.83. The Bertz CT molecular complexity index is 246. The van der Waals surface area contributed by atoms with E-state index in [2.05, 4.69) is 11.3 Å². The van der Waals surface area contributed by atoms with Crippen molar-refractivity contribution in [2.45, 2.75) is 0 Å². The second-order valence-electron chi connectivity index (χ2n) is 1.33. The van der Waals surface area contributed by atoms with Crippen LogP contribution in [-0.2, 0) is 18.7 Å². The summed E-state index contributed by atoms with van der Waals surface area (Å²) in [6.07, 6.45) is 0.861. The van der Waals surface area contributed by atoms with E-state index < -0.39 is 20.9 Å². The van der Waals surface area contributed by atoms with Crippen LogP contribution in [0.4, 0.5) is 0 Å². The van der Waals surface area contributed by atoms with Gasteiger partial charge in [0.25, 0.3) is 0 Å². The minimum Gasteiger partial charge on any atom is -0.739 e. The van der Waals surface area contributed by atoms with Crippen molar-refractivity contribution in [1.82, 2.24) is 0 Å². The molecule has 0 bridgehead atoms. The van der Waals surface area contributed by atoms with Crippen LogP contribution in [0, 0.1) is 0 Å². The molecule has 0 aliphatic carbocycles. The molecule has 0 radical (unpaired) electrons. The van der Waals surface area contributed by atoms with Crippen molar-refractivity contribution in [3.05, 3.63) is 12.8 Å². The van der Waals surface area contributed by atoms with Gasteiger partial charge in [-0.2, -0.15) is 0 Å².